The van der Waals surface area contributed by atoms with Crippen molar-refractivity contribution in [3.05, 3.63) is 0 Å². The van der Waals surface area contributed by atoms with E-state index in [0.29, 0.717) is 0 Å². The molecule has 4 N–H and O–H groups in total. The highest BCUT2D eigenvalue weighted by molar-refractivity contribution is 5.72. The van der Waals surface area contributed by atoms with Gasteiger partial charge in [-0.1, -0.05) is 7.43 Å². The largest absolute Gasteiger partial charge is 0.479 e. The average Bonchev–Trinajstić information content (AvgIpc) is 1.69. The van der Waals surface area contributed by atoms with Crippen molar-refractivity contribution in [2.24, 2.45) is 5.90 Å². The monoisotopic (exact) mass is 137 g/mol. The van der Waals surface area contributed by atoms with Crippen LogP contribution in [0.3, 0.4) is 0 Å². The minimum atomic E-state index is -1.30. The molecule has 9 heavy (non-hydrogen) atoms. The van der Waals surface area contributed by atoms with Crippen molar-refractivity contribution < 1.29 is 19.8 Å². The molecular weight excluding hydrogens is 126 g/mol. The number of aliphatic carboxylic acids is 1. The van der Waals surface area contributed by atoms with Crippen LogP contribution in [0.2, 0.25) is 0 Å². The maximum absolute atomic E-state index is 9.80. The number of aliphatic hydroxyl groups is 1. The number of hydrogen-bond acceptors (Lipinski definition) is 4. The highest BCUT2D eigenvalue weighted by Gasteiger charge is 2.14. The molecule has 0 fully saturated rings. The quantitative estimate of drug-likeness (QED) is 0.432. The molecule has 5 nitrogen and oxygen atoms in total. The first-order chi connectivity index (χ1) is 3.72. The number of aliphatic hydroxyl groups excluding tert-OH is 1. The molecule has 0 saturated carbocycles. The zero-order valence-corrected chi connectivity index (χ0v) is 4.07. The molecule has 1 atom stereocenters. The molecule has 0 aliphatic heterocycles. The van der Waals surface area contributed by atoms with Crippen LogP contribution in [-0.2, 0) is 9.63 Å². The fourth-order valence-corrected chi connectivity index (χ4v) is 0.179. The van der Waals surface area contributed by atoms with Crippen molar-refractivity contribution in [1.82, 2.24) is 0 Å². The highest BCUT2D eigenvalue weighted by atomic mass is 16.6. The first-order valence-electron chi connectivity index (χ1n) is 1.91. The van der Waals surface area contributed by atoms with Crippen LogP contribution in [0, 0.1) is 0 Å². The molecule has 0 bridgehead atoms. The van der Waals surface area contributed by atoms with Crippen LogP contribution in [0.5, 0.6) is 0 Å². The molecule has 0 aromatic heterocycles. The van der Waals surface area contributed by atoms with E-state index in [9.17, 15) is 4.79 Å². The lowest BCUT2D eigenvalue weighted by molar-refractivity contribution is -0.153. The van der Waals surface area contributed by atoms with Crippen LogP contribution in [0.4, 0.5) is 0 Å². The zero-order chi connectivity index (χ0) is 6.57. The van der Waals surface area contributed by atoms with Crippen molar-refractivity contribution in [2.45, 2.75) is 13.5 Å². The Bertz CT molecular complexity index is 80.6. The molecule has 0 aromatic rings. The summed E-state index contributed by atoms with van der Waals surface area (Å²) in [6.07, 6.45) is -1.30. The maximum atomic E-state index is 9.80. The van der Waals surface area contributed by atoms with Crippen LogP contribution < -0.4 is 5.90 Å². The van der Waals surface area contributed by atoms with Crippen LogP contribution in [0.1, 0.15) is 7.43 Å². The van der Waals surface area contributed by atoms with E-state index in [2.05, 4.69) is 10.7 Å². The third kappa shape index (κ3) is 3.89. The Kier molecular flexibility index (Phi) is 6.82. The van der Waals surface area contributed by atoms with Gasteiger partial charge in [-0.2, -0.15) is 0 Å². The van der Waals surface area contributed by atoms with E-state index in [-0.39, 0.29) is 7.43 Å². The van der Waals surface area contributed by atoms with Gasteiger partial charge in [-0.05, 0) is 0 Å². The second-order valence-corrected chi connectivity index (χ2v) is 1.15. The van der Waals surface area contributed by atoms with Gasteiger partial charge in [-0.15, -0.1) is 0 Å². The number of rotatable bonds is 3. The minimum absolute atomic E-state index is 0. The third-order valence-corrected chi connectivity index (χ3v) is 0.606. The summed E-state index contributed by atoms with van der Waals surface area (Å²) in [5.74, 6) is 3.17. The van der Waals surface area contributed by atoms with E-state index in [1.807, 2.05) is 0 Å². The molecule has 56 valence electrons. The summed E-state index contributed by atoms with van der Waals surface area (Å²) in [6, 6.07) is 0. The number of nitrogens with two attached hydrogens (primary N) is 1. The molecule has 0 aromatic carbocycles. The van der Waals surface area contributed by atoms with Crippen molar-refractivity contribution >= 4 is 5.97 Å². The van der Waals surface area contributed by atoms with Gasteiger partial charge in [0.05, 0.1) is 6.61 Å². The normalized spacial score (nSPS) is 11.8. The first kappa shape index (κ1) is 11.2. The summed E-state index contributed by atoms with van der Waals surface area (Å²) in [7, 11) is 0. The van der Waals surface area contributed by atoms with E-state index in [1.165, 1.54) is 0 Å². The van der Waals surface area contributed by atoms with Crippen LogP contribution in [0.15, 0.2) is 0 Å². The van der Waals surface area contributed by atoms with Gasteiger partial charge in [-0.3, -0.25) is 4.84 Å². The number of carbonyl (C=O) groups is 1. The highest BCUT2D eigenvalue weighted by Crippen LogP contribution is 1.82. The Morgan fingerprint density at radius 2 is 2.22 bits per heavy atom. The summed E-state index contributed by atoms with van der Waals surface area (Å²) in [5.41, 5.74) is 0. The second kappa shape index (κ2) is 5.49. The fraction of sp³-hybridized carbons (Fsp3) is 0.750. The van der Waals surface area contributed by atoms with E-state index in [0.717, 1.165) is 0 Å². The van der Waals surface area contributed by atoms with Gasteiger partial charge in [0.15, 0.2) is 6.10 Å². The van der Waals surface area contributed by atoms with E-state index in [1.54, 1.807) is 0 Å². The summed E-state index contributed by atoms with van der Waals surface area (Å²) in [6.45, 7) is -0.605. The first-order valence-corrected chi connectivity index (χ1v) is 1.91. The molecule has 0 rings (SSSR count). The molecule has 0 aliphatic rings. The third-order valence-electron chi connectivity index (χ3n) is 0.606. The molecule has 0 radical (unpaired) electrons. The predicted octanol–water partition coefficient (Wildman–Crippen LogP) is -1.04. The van der Waals surface area contributed by atoms with Crippen LogP contribution in [-0.4, -0.2) is 28.9 Å². The summed E-state index contributed by atoms with van der Waals surface area (Å²) in [4.78, 5) is 13.6. The van der Waals surface area contributed by atoms with Gasteiger partial charge < -0.3 is 10.2 Å². The van der Waals surface area contributed by atoms with Gasteiger partial charge in [0.2, 0.25) is 0 Å². The molecular formula is C4H11NO4. The Morgan fingerprint density at radius 3 is 2.22 bits per heavy atom. The van der Waals surface area contributed by atoms with E-state index < -0.39 is 18.7 Å². The van der Waals surface area contributed by atoms with Crippen molar-refractivity contribution in [2.75, 3.05) is 6.61 Å². The maximum Gasteiger partial charge on any atom is 0.337 e. The molecule has 0 heterocycles. The van der Waals surface area contributed by atoms with Crippen LogP contribution >= 0.6 is 0 Å². The smallest absolute Gasteiger partial charge is 0.337 e. The summed E-state index contributed by atoms with van der Waals surface area (Å²) >= 11 is 0. The van der Waals surface area contributed by atoms with Crippen molar-refractivity contribution in [3.63, 3.8) is 0 Å². The standard InChI is InChI=1S/C3H7NO4.CH4/c4-8-2(1-5)3(6)7;/h2,5H,1,4H2,(H,6,7);1H4. The van der Waals surface area contributed by atoms with Crippen molar-refractivity contribution in [3.8, 4) is 0 Å². The lowest BCUT2D eigenvalue weighted by Crippen LogP contribution is -2.30. The lowest BCUT2D eigenvalue weighted by atomic mass is 10.4. The molecule has 5 heteroatoms. The van der Waals surface area contributed by atoms with Gasteiger partial charge in [0.25, 0.3) is 0 Å². The Labute approximate surface area is 53.0 Å². The number of carboxylic acid groups (broad SMARTS) is 1. The molecule has 0 spiro atoms. The van der Waals surface area contributed by atoms with Gasteiger partial charge in [-0.25, -0.2) is 10.7 Å². The van der Waals surface area contributed by atoms with E-state index >= 15 is 0 Å². The minimum Gasteiger partial charge on any atom is -0.479 e. The van der Waals surface area contributed by atoms with E-state index in [4.69, 9.17) is 10.2 Å². The predicted molar refractivity (Wildman–Crippen MR) is 30.5 cm³/mol. The number of hydrogen-bond donors (Lipinski definition) is 3. The summed E-state index contributed by atoms with van der Waals surface area (Å²) < 4.78 is 0. The Balaban J connectivity index is 0. The molecule has 0 aliphatic carbocycles. The second-order valence-electron chi connectivity index (χ2n) is 1.15. The van der Waals surface area contributed by atoms with Gasteiger partial charge in [0.1, 0.15) is 0 Å². The topological polar surface area (TPSA) is 92.8 Å². The number of carboxylic acids is 1. The molecule has 1 unspecified atom stereocenters. The van der Waals surface area contributed by atoms with Gasteiger partial charge >= 0.3 is 5.97 Å². The molecule has 0 saturated heterocycles. The zero-order valence-electron chi connectivity index (χ0n) is 4.07. The Morgan fingerprint density at radius 1 is 1.78 bits per heavy atom. The Hall–Kier alpha value is -0.650. The average molecular weight is 137 g/mol. The molecule has 0 amide bonds. The fourth-order valence-electron chi connectivity index (χ4n) is 0.179. The lowest BCUT2D eigenvalue weighted by Gasteiger charge is -2.02. The SMILES string of the molecule is C.NOC(CO)C(=O)O. The summed E-state index contributed by atoms with van der Waals surface area (Å²) in [5, 5.41) is 16.1. The van der Waals surface area contributed by atoms with Crippen LogP contribution in [0.25, 0.3) is 0 Å². The van der Waals surface area contributed by atoms with Crippen molar-refractivity contribution in [1.29, 1.82) is 0 Å². The van der Waals surface area contributed by atoms with Gasteiger partial charge in [0, 0.05) is 0 Å².